The molecule has 0 fully saturated rings. The van der Waals surface area contributed by atoms with Crippen LogP contribution < -0.4 is 5.73 Å². The molecule has 0 spiro atoms. The summed E-state index contributed by atoms with van der Waals surface area (Å²) in [5, 5.41) is 1.04. The third-order valence-corrected chi connectivity index (χ3v) is 3.44. The monoisotopic (exact) mass is 281 g/mol. The molecule has 18 heavy (non-hydrogen) atoms. The number of rotatable bonds is 2. The van der Waals surface area contributed by atoms with Crippen molar-refractivity contribution in [3.05, 3.63) is 39.5 Å². The van der Waals surface area contributed by atoms with E-state index in [1.807, 2.05) is 13.8 Å². The molecule has 0 bridgehead atoms. The van der Waals surface area contributed by atoms with Crippen LogP contribution >= 0.6 is 23.2 Å². The smallest absolute Gasteiger partial charge is 0.164 e. The van der Waals surface area contributed by atoms with Crippen LogP contribution in [0.5, 0.6) is 0 Å². The number of anilines is 1. The van der Waals surface area contributed by atoms with Gasteiger partial charge >= 0.3 is 0 Å². The number of benzene rings is 1. The van der Waals surface area contributed by atoms with E-state index in [1.54, 1.807) is 18.2 Å². The summed E-state index contributed by atoms with van der Waals surface area (Å²) in [6, 6.07) is 5.30. The van der Waals surface area contributed by atoms with E-state index in [0.717, 1.165) is 17.7 Å². The Bertz CT molecular complexity index is 577. The second kappa shape index (κ2) is 5.12. The maximum absolute atomic E-state index is 6.15. The fourth-order valence-electron chi connectivity index (χ4n) is 1.75. The molecule has 0 saturated heterocycles. The van der Waals surface area contributed by atoms with E-state index in [4.69, 9.17) is 28.9 Å². The first kappa shape index (κ1) is 13.1. The molecule has 3 nitrogen and oxygen atoms in total. The Balaban J connectivity index is 2.68. The van der Waals surface area contributed by atoms with Gasteiger partial charge in [-0.25, -0.2) is 9.97 Å². The van der Waals surface area contributed by atoms with Crippen molar-refractivity contribution < 1.29 is 0 Å². The fourth-order valence-corrected chi connectivity index (χ4v) is 2.32. The van der Waals surface area contributed by atoms with Crippen LogP contribution in [0.4, 0.5) is 5.82 Å². The zero-order valence-corrected chi connectivity index (χ0v) is 11.7. The van der Waals surface area contributed by atoms with Crippen molar-refractivity contribution in [2.75, 3.05) is 5.73 Å². The van der Waals surface area contributed by atoms with Gasteiger partial charge < -0.3 is 5.73 Å². The molecule has 0 amide bonds. The zero-order valence-electron chi connectivity index (χ0n) is 10.2. The molecule has 1 aromatic carbocycles. The van der Waals surface area contributed by atoms with Gasteiger partial charge in [0.15, 0.2) is 5.82 Å². The first-order chi connectivity index (χ1) is 8.54. The number of hydrogen-bond acceptors (Lipinski definition) is 3. The molecule has 0 aliphatic rings. The quantitative estimate of drug-likeness (QED) is 0.908. The van der Waals surface area contributed by atoms with Crippen molar-refractivity contribution >= 4 is 29.0 Å². The molecule has 0 aliphatic carbocycles. The van der Waals surface area contributed by atoms with Crippen LogP contribution in [0.25, 0.3) is 11.4 Å². The summed E-state index contributed by atoms with van der Waals surface area (Å²) in [6.45, 7) is 3.93. The van der Waals surface area contributed by atoms with Crippen LogP contribution in [0.3, 0.4) is 0 Å². The third kappa shape index (κ3) is 2.28. The molecule has 5 heteroatoms. The SMILES string of the molecule is CCc1nc(-c2c(Cl)cccc2Cl)nc(N)c1C. The Morgan fingerprint density at radius 2 is 1.78 bits per heavy atom. The molecule has 2 rings (SSSR count). The Morgan fingerprint density at radius 1 is 1.17 bits per heavy atom. The van der Waals surface area contributed by atoms with Crippen molar-refractivity contribution in [3.63, 3.8) is 0 Å². The first-order valence-electron chi connectivity index (χ1n) is 5.62. The highest BCUT2D eigenvalue weighted by Gasteiger charge is 2.14. The minimum absolute atomic E-state index is 0.466. The number of nitrogen functional groups attached to an aromatic ring is 1. The standard InChI is InChI=1S/C13H13Cl2N3/c1-3-10-7(2)12(16)18-13(17-10)11-8(14)5-4-6-9(11)15/h4-6H,3H2,1-2H3,(H2,16,17,18). The number of hydrogen-bond donors (Lipinski definition) is 1. The summed E-state index contributed by atoms with van der Waals surface area (Å²) in [4.78, 5) is 8.75. The third-order valence-electron chi connectivity index (χ3n) is 2.81. The zero-order chi connectivity index (χ0) is 13.3. The maximum atomic E-state index is 6.15. The normalized spacial score (nSPS) is 10.7. The molecule has 94 valence electrons. The van der Waals surface area contributed by atoms with Gasteiger partial charge in [0.1, 0.15) is 5.82 Å². The number of aryl methyl sites for hydroxylation is 1. The molecule has 1 aromatic heterocycles. The second-order valence-electron chi connectivity index (χ2n) is 3.95. The first-order valence-corrected chi connectivity index (χ1v) is 6.37. The summed E-state index contributed by atoms with van der Waals surface area (Å²) in [6.07, 6.45) is 0.785. The van der Waals surface area contributed by atoms with Gasteiger partial charge in [0.25, 0.3) is 0 Å². The molecule has 2 aromatic rings. The Kier molecular flexibility index (Phi) is 3.73. The van der Waals surface area contributed by atoms with Crippen LogP contribution in [-0.4, -0.2) is 9.97 Å². The van der Waals surface area contributed by atoms with Crippen molar-refractivity contribution in [1.29, 1.82) is 0 Å². The lowest BCUT2D eigenvalue weighted by Crippen LogP contribution is -2.04. The molecule has 0 unspecified atom stereocenters. The van der Waals surface area contributed by atoms with Gasteiger partial charge in [-0.05, 0) is 25.5 Å². The van der Waals surface area contributed by atoms with Crippen molar-refractivity contribution in [2.45, 2.75) is 20.3 Å². The molecular weight excluding hydrogens is 269 g/mol. The highest BCUT2D eigenvalue weighted by Crippen LogP contribution is 2.33. The van der Waals surface area contributed by atoms with E-state index in [2.05, 4.69) is 9.97 Å². The van der Waals surface area contributed by atoms with Crippen LogP contribution in [0, 0.1) is 6.92 Å². The van der Waals surface area contributed by atoms with Crippen molar-refractivity contribution in [2.24, 2.45) is 0 Å². The average Bonchev–Trinajstić information content (AvgIpc) is 2.33. The maximum Gasteiger partial charge on any atom is 0.164 e. The number of halogens is 2. The van der Waals surface area contributed by atoms with E-state index in [-0.39, 0.29) is 0 Å². The summed E-state index contributed by atoms with van der Waals surface area (Å²) < 4.78 is 0. The number of aromatic nitrogens is 2. The average molecular weight is 282 g/mol. The van der Waals surface area contributed by atoms with Crippen LogP contribution in [0.2, 0.25) is 10.0 Å². The van der Waals surface area contributed by atoms with Gasteiger partial charge in [-0.2, -0.15) is 0 Å². The summed E-state index contributed by atoms with van der Waals surface area (Å²) >= 11 is 12.3. The van der Waals surface area contributed by atoms with Gasteiger partial charge in [0.2, 0.25) is 0 Å². The van der Waals surface area contributed by atoms with Crippen LogP contribution in [-0.2, 0) is 6.42 Å². The number of nitrogens with zero attached hydrogens (tertiary/aromatic N) is 2. The fraction of sp³-hybridized carbons (Fsp3) is 0.231. The van der Waals surface area contributed by atoms with Crippen LogP contribution in [0.15, 0.2) is 18.2 Å². The van der Waals surface area contributed by atoms with Gasteiger partial charge in [0.05, 0.1) is 15.6 Å². The van der Waals surface area contributed by atoms with E-state index in [0.29, 0.717) is 27.3 Å². The van der Waals surface area contributed by atoms with Crippen molar-refractivity contribution in [3.8, 4) is 11.4 Å². The summed E-state index contributed by atoms with van der Waals surface area (Å²) in [5.74, 6) is 0.943. The lowest BCUT2D eigenvalue weighted by molar-refractivity contribution is 0.982. The van der Waals surface area contributed by atoms with E-state index in [9.17, 15) is 0 Å². The molecular formula is C13H13Cl2N3. The Hall–Kier alpha value is -1.32. The summed E-state index contributed by atoms with van der Waals surface area (Å²) in [5.41, 5.74) is 8.34. The van der Waals surface area contributed by atoms with Gasteiger partial charge in [-0.15, -0.1) is 0 Å². The predicted molar refractivity (Wildman–Crippen MR) is 76.0 cm³/mol. The molecule has 0 aliphatic heterocycles. The predicted octanol–water partition coefficient (Wildman–Crippen LogP) is 3.90. The van der Waals surface area contributed by atoms with E-state index < -0.39 is 0 Å². The molecule has 2 N–H and O–H groups in total. The topological polar surface area (TPSA) is 51.8 Å². The van der Waals surface area contributed by atoms with E-state index >= 15 is 0 Å². The molecule has 0 saturated carbocycles. The van der Waals surface area contributed by atoms with Gasteiger partial charge in [-0.1, -0.05) is 36.2 Å². The van der Waals surface area contributed by atoms with E-state index in [1.165, 1.54) is 0 Å². The largest absolute Gasteiger partial charge is 0.383 e. The Morgan fingerprint density at radius 3 is 2.33 bits per heavy atom. The van der Waals surface area contributed by atoms with Gasteiger partial charge in [-0.3, -0.25) is 0 Å². The number of nitrogens with two attached hydrogens (primary N) is 1. The molecule has 1 heterocycles. The van der Waals surface area contributed by atoms with Gasteiger partial charge in [0, 0.05) is 11.3 Å². The lowest BCUT2D eigenvalue weighted by atomic mass is 10.1. The Labute approximate surface area is 116 Å². The molecule has 0 radical (unpaired) electrons. The lowest BCUT2D eigenvalue weighted by Gasteiger charge is -2.10. The summed E-state index contributed by atoms with van der Waals surface area (Å²) in [7, 11) is 0. The highest BCUT2D eigenvalue weighted by atomic mass is 35.5. The van der Waals surface area contributed by atoms with Crippen LogP contribution in [0.1, 0.15) is 18.2 Å². The minimum atomic E-state index is 0.466. The van der Waals surface area contributed by atoms with Crippen molar-refractivity contribution in [1.82, 2.24) is 9.97 Å². The minimum Gasteiger partial charge on any atom is -0.383 e. The second-order valence-corrected chi connectivity index (χ2v) is 4.77. The highest BCUT2D eigenvalue weighted by molar-refractivity contribution is 6.38. The molecule has 0 atom stereocenters.